The van der Waals surface area contributed by atoms with Gasteiger partial charge in [-0.05, 0) is 53.9 Å². The van der Waals surface area contributed by atoms with E-state index in [1.54, 1.807) is 24.5 Å². The molecular weight excluding hydrogens is 323 g/mol. The molecule has 2 N–H and O–H groups in total. The Balaban J connectivity index is 1.91. The molecule has 0 atom stereocenters. The maximum absolute atomic E-state index is 14.3. The summed E-state index contributed by atoms with van der Waals surface area (Å²) in [7, 11) is 1.73. The van der Waals surface area contributed by atoms with Gasteiger partial charge in [-0.2, -0.15) is 11.3 Å². The monoisotopic (exact) mass is 348 g/mol. The first kappa shape index (κ1) is 18.3. The van der Waals surface area contributed by atoms with Crippen LogP contribution in [-0.4, -0.2) is 26.1 Å². The number of hydrogen-bond donors (Lipinski definition) is 2. The molecule has 4 nitrogen and oxygen atoms in total. The Bertz CT molecular complexity index is 651. The lowest BCUT2D eigenvalue weighted by Gasteiger charge is -2.22. The summed E-state index contributed by atoms with van der Waals surface area (Å²) < 4.78 is 14.3. The fraction of sp³-hybridized carbons (Fsp3) is 0.389. The van der Waals surface area contributed by atoms with Crippen LogP contribution in [0.3, 0.4) is 0 Å². The number of nitrogens with zero attached hydrogens (tertiary/aromatic N) is 2. The van der Waals surface area contributed by atoms with Crippen molar-refractivity contribution < 1.29 is 4.39 Å². The summed E-state index contributed by atoms with van der Waals surface area (Å²) in [5.74, 6) is 0.522. The largest absolute Gasteiger partial charge is 0.370 e. The van der Waals surface area contributed by atoms with E-state index in [0.717, 1.165) is 25.2 Å². The van der Waals surface area contributed by atoms with Crippen molar-refractivity contribution in [3.63, 3.8) is 0 Å². The molecular formula is C18H25FN4S. The first-order chi connectivity index (χ1) is 11.7. The maximum Gasteiger partial charge on any atom is 0.191 e. The van der Waals surface area contributed by atoms with Gasteiger partial charge in [-0.3, -0.25) is 4.99 Å². The summed E-state index contributed by atoms with van der Waals surface area (Å²) in [5.41, 5.74) is 2.77. The zero-order chi connectivity index (χ0) is 17.4. The minimum absolute atomic E-state index is 0.181. The number of anilines is 1. The molecule has 6 heteroatoms. The van der Waals surface area contributed by atoms with E-state index in [0.29, 0.717) is 18.2 Å². The smallest absolute Gasteiger partial charge is 0.191 e. The van der Waals surface area contributed by atoms with Crippen LogP contribution in [0, 0.1) is 5.82 Å². The molecule has 1 heterocycles. The molecule has 0 saturated carbocycles. The van der Waals surface area contributed by atoms with Crippen LogP contribution in [0.5, 0.6) is 0 Å². The quantitative estimate of drug-likeness (QED) is 0.593. The Morgan fingerprint density at radius 3 is 2.38 bits per heavy atom. The number of thiophene rings is 1. The number of benzene rings is 1. The first-order valence-electron chi connectivity index (χ1n) is 8.16. The summed E-state index contributed by atoms with van der Waals surface area (Å²) >= 11 is 1.67. The average Bonchev–Trinajstić information content (AvgIpc) is 3.11. The number of rotatable bonds is 7. The van der Waals surface area contributed by atoms with Crippen molar-refractivity contribution in [2.45, 2.75) is 26.9 Å². The van der Waals surface area contributed by atoms with Gasteiger partial charge in [0.1, 0.15) is 5.82 Å². The van der Waals surface area contributed by atoms with Gasteiger partial charge in [0.2, 0.25) is 0 Å². The highest BCUT2D eigenvalue weighted by atomic mass is 32.1. The van der Waals surface area contributed by atoms with Crippen LogP contribution in [0.4, 0.5) is 10.1 Å². The summed E-state index contributed by atoms with van der Waals surface area (Å²) in [5, 5.41) is 10.6. The zero-order valence-corrected chi connectivity index (χ0v) is 15.3. The topological polar surface area (TPSA) is 39.7 Å². The van der Waals surface area contributed by atoms with E-state index in [1.807, 2.05) is 36.3 Å². The average molecular weight is 348 g/mol. The first-order valence-corrected chi connectivity index (χ1v) is 9.11. The molecule has 2 aromatic rings. The molecule has 0 bridgehead atoms. The van der Waals surface area contributed by atoms with Crippen molar-refractivity contribution in [3.8, 4) is 0 Å². The van der Waals surface area contributed by atoms with Gasteiger partial charge in [-0.1, -0.05) is 6.07 Å². The van der Waals surface area contributed by atoms with Gasteiger partial charge in [0.25, 0.3) is 0 Å². The summed E-state index contributed by atoms with van der Waals surface area (Å²) in [6, 6.07) is 7.47. The van der Waals surface area contributed by atoms with Crippen molar-refractivity contribution in [3.05, 3.63) is 52.0 Å². The van der Waals surface area contributed by atoms with Gasteiger partial charge >= 0.3 is 0 Å². The van der Waals surface area contributed by atoms with Crippen LogP contribution >= 0.6 is 11.3 Å². The number of aliphatic imine (C=N–C) groups is 1. The predicted molar refractivity (Wildman–Crippen MR) is 101 cm³/mol. The van der Waals surface area contributed by atoms with Gasteiger partial charge in [-0.15, -0.1) is 0 Å². The fourth-order valence-electron chi connectivity index (χ4n) is 2.47. The second kappa shape index (κ2) is 9.27. The van der Waals surface area contributed by atoms with Gasteiger partial charge in [0.05, 0.1) is 5.69 Å². The molecule has 0 spiro atoms. The highest BCUT2D eigenvalue weighted by Gasteiger charge is 2.09. The number of hydrogen-bond acceptors (Lipinski definition) is 3. The molecule has 2 rings (SSSR count). The molecule has 0 unspecified atom stereocenters. The minimum Gasteiger partial charge on any atom is -0.370 e. The van der Waals surface area contributed by atoms with Crippen LogP contribution in [0.25, 0.3) is 0 Å². The molecule has 0 amide bonds. The molecule has 1 aromatic carbocycles. The third kappa shape index (κ3) is 4.96. The highest BCUT2D eigenvalue weighted by molar-refractivity contribution is 7.07. The van der Waals surface area contributed by atoms with E-state index in [2.05, 4.69) is 27.1 Å². The lowest BCUT2D eigenvalue weighted by molar-refractivity contribution is 0.617. The Morgan fingerprint density at radius 2 is 1.83 bits per heavy atom. The van der Waals surface area contributed by atoms with Gasteiger partial charge in [-0.25, -0.2) is 4.39 Å². The van der Waals surface area contributed by atoms with Gasteiger partial charge in [0, 0.05) is 33.2 Å². The van der Waals surface area contributed by atoms with E-state index in [1.165, 1.54) is 5.56 Å². The third-order valence-electron chi connectivity index (χ3n) is 3.84. The zero-order valence-electron chi connectivity index (χ0n) is 14.5. The van der Waals surface area contributed by atoms with Crippen LogP contribution in [0.2, 0.25) is 0 Å². The highest BCUT2D eigenvalue weighted by Crippen LogP contribution is 2.20. The second-order valence-electron chi connectivity index (χ2n) is 5.37. The molecule has 0 aliphatic heterocycles. The summed E-state index contributed by atoms with van der Waals surface area (Å²) in [4.78, 5) is 6.20. The summed E-state index contributed by atoms with van der Waals surface area (Å²) in [6.45, 7) is 6.90. The number of nitrogens with one attached hydrogen (secondary N) is 2. The van der Waals surface area contributed by atoms with Crippen LogP contribution in [0.15, 0.2) is 40.0 Å². The van der Waals surface area contributed by atoms with Crippen molar-refractivity contribution in [1.82, 2.24) is 10.6 Å². The summed E-state index contributed by atoms with van der Waals surface area (Å²) in [6.07, 6.45) is 0. The standard InChI is InChI=1S/C18H25FN4S/c1-4-23(5-2)17-7-6-14(10-16(17)19)11-21-18(20-3)22-12-15-8-9-24-13-15/h6-10,13H,4-5,11-12H2,1-3H3,(H2,20,21,22). The molecule has 1 aromatic heterocycles. The van der Waals surface area contributed by atoms with Crippen molar-refractivity contribution in [2.24, 2.45) is 4.99 Å². The Morgan fingerprint density at radius 1 is 1.12 bits per heavy atom. The minimum atomic E-state index is -0.181. The normalized spacial score (nSPS) is 11.4. The lowest BCUT2D eigenvalue weighted by Crippen LogP contribution is -2.36. The van der Waals surface area contributed by atoms with Crippen molar-refractivity contribution in [1.29, 1.82) is 0 Å². The van der Waals surface area contributed by atoms with Crippen molar-refractivity contribution in [2.75, 3.05) is 25.0 Å². The third-order valence-corrected chi connectivity index (χ3v) is 4.57. The van der Waals surface area contributed by atoms with E-state index >= 15 is 0 Å². The Labute approximate surface area is 147 Å². The second-order valence-corrected chi connectivity index (χ2v) is 6.15. The maximum atomic E-state index is 14.3. The SMILES string of the molecule is CCN(CC)c1ccc(CNC(=NC)NCc2ccsc2)cc1F. The molecule has 24 heavy (non-hydrogen) atoms. The molecule has 0 radical (unpaired) electrons. The fourth-order valence-corrected chi connectivity index (χ4v) is 3.14. The Hall–Kier alpha value is -2.08. The Kier molecular flexibility index (Phi) is 7.06. The number of halogens is 1. The molecule has 0 aliphatic carbocycles. The van der Waals surface area contributed by atoms with E-state index in [9.17, 15) is 4.39 Å². The lowest BCUT2D eigenvalue weighted by atomic mass is 10.2. The van der Waals surface area contributed by atoms with E-state index in [4.69, 9.17) is 0 Å². The van der Waals surface area contributed by atoms with Crippen LogP contribution in [-0.2, 0) is 13.1 Å². The van der Waals surface area contributed by atoms with Crippen molar-refractivity contribution >= 4 is 23.0 Å². The van der Waals surface area contributed by atoms with Crippen LogP contribution < -0.4 is 15.5 Å². The molecule has 0 fully saturated rings. The van der Waals surface area contributed by atoms with Crippen LogP contribution in [0.1, 0.15) is 25.0 Å². The predicted octanol–water partition coefficient (Wildman–Crippen LogP) is 3.60. The molecule has 0 saturated heterocycles. The molecule has 130 valence electrons. The van der Waals surface area contributed by atoms with E-state index in [-0.39, 0.29) is 5.82 Å². The van der Waals surface area contributed by atoms with E-state index < -0.39 is 0 Å². The van der Waals surface area contributed by atoms with Gasteiger partial charge in [0.15, 0.2) is 5.96 Å². The molecule has 0 aliphatic rings. The van der Waals surface area contributed by atoms with Gasteiger partial charge < -0.3 is 15.5 Å². The number of guanidine groups is 1.